The van der Waals surface area contributed by atoms with Crippen LogP contribution in [0.3, 0.4) is 0 Å². The number of hydrogen-bond donors (Lipinski definition) is 2. The summed E-state index contributed by atoms with van der Waals surface area (Å²) in [5, 5.41) is 21.9. The molecule has 0 saturated carbocycles. The molecular weight excluding hydrogens is 697 g/mol. The Labute approximate surface area is 262 Å². The van der Waals surface area contributed by atoms with Crippen molar-refractivity contribution < 1.29 is 30.3 Å². The zero-order chi connectivity index (χ0) is 29.2. The number of nitrogens with zero attached hydrogens (tertiary/aromatic N) is 2. The van der Waals surface area contributed by atoms with Crippen LogP contribution in [0.5, 0.6) is 0 Å². The Hall–Kier alpha value is -3.73. The second kappa shape index (κ2) is 16.0. The zero-order valence-corrected chi connectivity index (χ0v) is 26.8. The van der Waals surface area contributed by atoms with E-state index in [0.29, 0.717) is 6.42 Å². The van der Waals surface area contributed by atoms with Gasteiger partial charge in [-0.1, -0.05) is 62.4 Å². The van der Waals surface area contributed by atoms with E-state index in [2.05, 4.69) is 84.5 Å². The molecular formula is C37H36IrN2O2-2. The first-order chi connectivity index (χ1) is 19.8. The molecule has 0 fully saturated rings. The molecule has 2 heterocycles. The van der Waals surface area contributed by atoms with Crippen LogP contribution in [0.15, 0.2) is 109 Å². The Morgan fingerprint density at radius 2 is 1.00 bits per heavy atom. The molecule has 2 N–H and O–H groups in total. The van der Waals surface area contributed by atoms with Gasteiger partial charge in [-0.3, -0.25) is 0 Å². The van der Waals surface area contributed by atoms with Crippen molar-refractivity contribution in [3.8, 4) is 22.5 Å². The van der Waals surface area contributed by atoms with E-state index in [1.54, 1.807) is 13.8 Å². The molecule has 0 spiro atoms. The van der Waals surface area contributed by atoms with Gasteiger partial charge in [0.25, 0.3) is 0 Å². The number of aryl methyl sites for hydroxylation is 2. The van der Waals surface area contributed by atoms with Gasteiger partial charge >= 0.3 is 0 Å². The topological polar surface area (TPSA) is 66.2 Å². The van der Waals surface area contributed by atoms with Crippen LogP contribution in [-0.2, 0) is 20.1 Å². The summed E-state index contributed by atoms with van der Waals surface area (Å²) in [6.07, 6.45) is 3.43. The van der Waals surface area contributed by atoms with Crippen molar-refractivity contribution in [2.75, 3.05) is 0 Å². The average Bonchev–Trinajstić information content (AvgIpc) is 2.97. The van der Waals surface area contributed by atoms with Crippen LogP contribution >= 0.6 is 0 Å². The Kier molecular flexibility index (Phi) is 12.5. The molecule has 2 unspecified atom stereocenters. The Morgan fingerprint density at radius 1 is 0.595 bits per heavy atom. The summed E-state index contributed by atoms with van der Waals surface area (Å²) in [5.41, 5.74) is 6.54. The van der Waals surface area contributed by atoms with Crippen molar-refractivity contribution in [1.82, 2.24) is 9.97 Å². The zero-order valence-electron chi connectivity index (χ0n) is 24.4. The fourth-order valence-electron chi connectivity index (χ4n) is 4.46. The van der Waals surface area contributed by atoms with E-state index in [-0.39, 0.29) is 32.3 Å². The van der Waals surface area contributed by atoms with E-state index in [1.807, 2.05) is 60.9 Å². The minimum absolute atomic E-state index is 0. The predicted octanol–water partition coefficient (Wildman–Crippen LogP) is 8.16. The van der Waals surface area contributed by atoms with Gasteiger partial charge in [-0.15, -0.1) is 70.8 Å². The standard InChI is InChI=1S/2C16H12N.C5H12O2.Ir/c2*1-12-6-8-14(9-7-12)16-15-5-3-2-4-13(15)10-11-17-16;1-4(6)3-5(2)7;/h2*2-8,10-11H,1H3;4-7H,3H2,1-2H3;/q2*-1;;. The number of aliphatic hydroxyl groups is 2. The number of pyridine rings is 2. The molecule has 0 bridgehead atoms. The SMILES string of the molecule is CC(O)CC(C)O.Cc1c[c-]c(-c2nccc3ccccc23)cc1.Cc1c[c-]c(-c2nccc3ccccc23)cc1.[Ir]. The summed E-state index contributed by atoms with van der Waals surface area (Å²) in [7, 11) is 0. The third-order valence-corrected chi connectivity index (χ3v) is 6.48. The number of rotatable bonds is 4. The maximum absolute atomic E-state index is 8.56. The van der Waals surface area contributed by atoms with Gasteiger partial charge in [0.2, 0.25) is 0 Å². The van der Waals surface area contributed by atoms with E-state index >= 15 is 0 Å². The van der Waals surface area contributed by atoms with Crippen molar-refractivity contribution in [1.29, 1.82) is 0 Å². The molecule has 0 aliphatic rings. The van der Waals surface area contributed by atoms with Gasteiger partial charge in [0.1, 0.15) is 0 Å². The third-order valence-electron chi connectivity index (χ3n) is 6.48. The van der Waals surface area contributed by atoms with E-state index in [4.69, 9.17) is 10.2 Å². The molecule has 0 amide bonds. The van der Waals surface area contributed by atoms with Gasteiger partial charge in [0.05, 0.1) is 12.2 Å². The number of fused-ring (bicyclic) bond motifs is 2. The van der Waals surface area contributed by atoms with Crippen molar-refractivity contribution in [3.05, 3.63) is 133 Å². The van der Waals surface area contributed by atoms with Crippen LogP contribution in [0.1, 0.15) is 31.4 Å². The molecule has 0 saturated heterocycles. The smallest absolute Gasteiger partial charge is 0.0536 e. The van der Waals surface area contributed by atoms with Gasteiger partial charge < -0.3 is 20.2 Å². The fraction of sp³-hybridized carbons (Fsp3) is 0.189. The van der Waals surface area contributed by atoms with Gasteiger partial charge in [-0.25, -0.2) is 0 Å². The maximum atomic E-state index is 8.56. The van der Waals surface area contributed by atoms with Gasteiger partial charge in [0, 0.05) is 32.5 Å². The van der Waals surface area contributed by atoms with Crippen LogP contribution in [0.25, 0.3) is 44.1 Å². The minimum atomic E-state index is -0.375. The molecule has 0 aliphatic heterocycles. The largest absolute Gasteiger partial charge is 0.393 e. The van der Waals surface area contributed by atoms with Crippen LogP contribution in [0.4, 0.5) is 0 Å². The summed E-state index contributed by atoms with van der Waals surface area (Å²) >= 11 is 0. The Balaban J connectivity index is 0.000000186. The average molecular weight is 733 g/mol. The second-order valence-corrected chi connectivity index (χ2v) is 10.3. The Morgan fingerprint density at radius 3 is 1.33 bits per heavy atom. The maximum Gasteiger partial charge on any atom is 0.0536 e. The van der Waals surface area contributed by atoms with E-state index in [1.165, 1.54) is 32.7 Å². The molecule has 1 radical (unpaired) electrons. The van der Waals surface area contributed by atoms with Crippen LogP contribution < -0.4 is 0 Å². The molecule has 4 nitrogen and oxygen atoms in total. The first kappa shape index (κ1) is 32.8. The molecule has 0 aliphatic carbocycles. The van der Waals surface area contributed by atoms with E-state index in [0.717, 1.165) is 22.5 Å². The molecule has 42 heavy (non-hydrogen) atoms. The van der Waals surface area contributed by atoms with Crippen molar-refractivity contribution in [3.63, 3.8) is 0 Å². The fourth-order valence-corrected chi connectivity index (χ4v) is 4.46. The first-order valence-electron chi connectivity index (χ1n) is 13.8. The van der Waals surface area contributed by atoms with Crippen molar-refractivity contribution >= 4 is 21.5 Å². The van der Waals surface area contributed by atoms with Gasteiger partial charge in [-0.2, -0.15) is 0 Å². The molecule has 2 atom stereocenters. The normalized spacial score (nSPS) is 11.8. The molecule has 5 heteroatoms. The summed E-state index contributed by atoms with van der Waals surface area (Å²) in [6.45, 7) is 7.45. The third kappa shape index (κ3) is 9.14. The van der Waals surface area contributed by atoms with Crippen LogP contribution in [0.2, 0.25) is 0 Å². The van der Waals surface area contributed by atoms with Crippen LogP contribution in [0, 0.1) is 26.0 Å². The predicted molar refractivity (Wildman–Crippen MR) is 169 cm³/mol. The molecule has 217 valence electrons. The quantitative estimate of drug-likeness (QED) is 0.180. The number of hydrogen-bond acceptors (Lipinski definition) is 4. The van der Waals surface area contributed by atoms with E-state index < -0.39 is 0 Å². The van der Waals surface area contributed by atoms with Crippen molar-refractivity contribution in [2.45, 2.75) is 46.3 Å². The second-order valence-electron chi connectivity index (χ2n) is 10.3. The summed E-state index contributed by atoms with van der Waals surface area (Å²) in [5.74, 6) is 0. The van der Waals surface area contributed by atoms with Crippen molar-refractivity contribution in [2.24, 2.45) is 0 Å². The van der Waals surface area contributed by atoms with Gasteiger partial charge in [-0.05, 0) is 65.3 Å². The number of benzene rings is 4. The molecule has 6 rings (SSSR count). The summed E-state index contributed by atoms with van der Waals surface area (Å²) in [6, 6.07) is 39.6. The molecule has 2 aromatic heterocycles. The molecule has 4 aromatic carbocycles. The van der Waals surface area contributed by atoms with E-state index in [9.17, 15) is 0 Å². The first-order valence-corrected chi connectivity index (χ1v) is 13.8. The number of aromatic nitrogens is 2. The minimum Gasteiger partial charge on any atom is -0.393 e. The molecule has 6 aromatic rings. The summed E-state index contributed by atoms with van der Waals surface area (Å²) < 4.78 is 0. The van der Waals surface area contributed by atoms with Crippen LogP contribution in [-0.4, -0.2) is 32.4 Å². The summed E-state index contributed by atoms with van der Waals surface area (Å²) in [4.78, 5) is 8.95. The number of aliphatic hydroxyl groups excluding tert-OH is 2. The Bertz CT molecular complexity index is 1540. The van der Waals surface area contributed by atoms with Gasteiger partial charge in [0.15, 0.2) is 0 Å². The monoisotopic (exact) mass is 733 g/mol.